The molecule has 0 atom stereocenters. The van der Waals surface area contributed by atoms with Crippen molar-refractivity contribution in [1.82, 2.24) is 4.90 Å². The highest BCUT2D eigenvalue weighted by Gasteiger charge is 2.25. The molecule has 1 amide bonds. The van der Waals surface area contributed by atoms with Crippen LogP contribution >= 0.6 is 0 Å². The molecular formula is C23H26FN3O3. The fourth-order valence-electron chi connectivity index (χ4n) is 3.46. The predicted octanol–water partition coefficient (Wildman–Crippen LogP) is 3.85. The minimum Gasteiger partial charge on any atom is -0.490 e. The van der Waals surface area contributed by atoms with Crippen LogP contribution in [0.1, 0.15) is 36.2 Å². The lowest BCUT2D eigenvalue weighted by atomic mass is 10.1. The van der Waals surface area contributed by atoms with Gasteiger partial charge in [-0.2, -0.15) is 5.26 Å². The van der Waals surface area contributed by atoms with Crippen LogP contribution in [0.4, 0.5) is 10.1 Å². The highest BCUT2D eigenvalue weighted by Crippen LogP contribution is 2.30. The Hall–Kier alpha value is -3.27. The lowest BCUT2D eigenvalue weighted by molar-refractivity contribution is 0.0746. The Balaban J connectivity index is 1.70. The molecule has 1 aliphatic heterocycles. The molecule has 158 valence electrons. The number of rotatable bonds is 7. The van der Waals surface area contributed by atoms with Crippen LogP contribution in [-0.4, -0.2) is 50.2 Å². The van der Waals surface area contributed by atoms with Gasteiger partial charge >= 0.3 is 0 Å². The molecule has 1 saturated heterocycles. The highest BCUT2D eigenvalue weighted by molar-refractivity contribution is 5.95. The van der Waals surface area contributed by atoms with Crippen LogP contribution in [0.25, 0.3) is 0 Å². The minimum atomic E-state index is -0.526. The summed E-state index contributed by atoms with van der Waals surface area (Å²) in [5, 5.41) is 9.26. The van der Waals surface area contributed by atoms with E-state index in [1.165, 1.54) is 6.07 Å². The fourth-order valence-corrected chi connectivity index (χ4v) is 3.46. The van der Waals surface area contributed by atoms with E-state index in [2.05, 4.69) is 0 Å². The van der Waals surface area contributed by atoms with Crippen LogP contribution < -0.4 is 14.4 Å². The zero-order valence-electron chi connectivity index (χ0n) is 17.4. The average Bonchev–Trinajstić information content (AvgIpc) is 2.78. The maximum Gasteiger partial charge on any atom is 0.254 e. The number of carbonyl (C=O) groups excluding carboxylic acids is 1. The maximum absolute atomic E-state index is 13.9. The molecular weight excluding hydrogens is 385 g/mol. The lowest BCUT2D eigenvalue weighted by Gasteiger charge is -2.36. The molecule has 0 saturated carbocycles. The molecule has 1 aliphatic rings. The largest absolute Gasteiger partial charge is 0.490 e. The van der Waals surface area contributed by atoms with Crippen molar-refractivity contribution in [2.75, 3.05) is 44.3 Å². The molecule has 0 aliphatic carbocycles. The van der Waals surface area contributed by atoms with Gasteiger partial charge in [-0.15, -0.1) is 0 Å². The van der Waals surface area contributed by atoms with Crippen molar-refractivity contribution < 1.29 is 18.7 Å². The summed E-state index contributed by atoms with van der Waals surface area (Å²) in [6.45, 7) is 7.00. The van der Waals surface area contributed by atoms with E-state index in [-0.39, 0.29) is 11.5 Å². The van der Waals surface area contributed by atoms with Gasteiger partial charge in [0.1, 0.15) is 17.4 Å². The van der Waals surface area contributed by atoms with Gasteiger partial charge in [0.25, 0.3) is 5.91 Å². The topological polar surface area (TPSA) is 65.8 Å². The van der Waals surface area contributed by atoms with E-state index in [1.54, 1.807) is 35.2 Å². The molecule has 0 unspecified atom stereocenters. The Morgan fingerprint density at radius 1 is 1.10 bits per heavy atom. The zero-order valence-corrected chi connectivity index (χ0v) is 17.4. The third kappa shape index (κ3) is 4.65. The first kappa shape index (κ1) is 21.4. The molecule has 0 aromatic heterocycles. The van der Waals surface area contributed by atoms with Gasteiger partial charge in [0.05, 0.1) is 18.9 Å². The van der Waals surface area contributed by atoms with Gasteiger partial charge in [0.15, 0.2) is 11.5 Å². The standard InChI is InChI=1S/C23H26FN3O3/c1-3-14-30-21-9-8-17(15-22(21)29-4-2)23(28)27-12-10-26(11-13-27)20-7-5-6-19(24)18(20)16-25/h5-9,15H,3-4,10-14H2,1-2H3. The quantitative estimate of drug-likeness (QED) is 0.692. The third-order valence-electron chi connectivity index (χ3n) is 4.96. The Kier molecular flexibility index (Phi) is 7.12. The number of nitrogens with zero attached hydrogens (tertiary/aromatic N) is 3. The SMILES string of the molecule is CCCOc1ccc(C(=O)N2CCN(c3cccc(F)c3C#N)CC2)cc1OCC. The van der Waals surface area contributed by atoms with Crippen LogP contribution in [0.5, 0.6) is 11.5 Å². The first-order valence-corrected chi connectivity index (χ1v) is 10.2. The first-order valence-electron chi connectivity index (χ1n) is 10.2. The zero-order chi connectivity index (χ0) is 21.5. The number of nitriles is 1. The number of halogens is 1. The number of piperazine rings is 1. The number of hydrogen-bond acceptors (Lipinski definition) is 5. The molecule has 2 aromatic rings. The van der Waals surface area contributed by atoms with Gasteiger partial charge in [-0.1, -0.05) is 13.0 Å². The van der Waals surface area contributed by atoms with E-state index in [9.17, 15) is 14.4 Å². The van der Waals surface area contributed by atoms with Crippen molar-refractivity contribution in [3.05, 3.63) is 53.3 Å². The van der Waals surface area contributed by atoms with Gasteiger partial charge < -0.3 is 19.3 Å². The van der Waals surface area contributed by atoms with Crippen molar-refractivity contribution in [3.8, 4) is 17.6 Å². The van der Waals surface area contributed by atoms with E-state index in [4.69, 9.17) is 9.47 Å². The highest BCUT2D eigenvalue weighted by atomic mass is 19.1. The second-order valence-corrected chi connectivity index (χ2v) is 6.97. The minimum absolute atomic E-state index is 0.0429. The Morgan fingerprint density at radius 2 is 1.87 bits per heavy atom. The molecule has 2 aromatic carbocycles. The van der Waals surface area contributed by atoms with Gasteiger partial charge in [-0.05, 0) is 43.7 Å². The van der Waals surface area contributed by atoms with Crippen LogP contribution in [0.2, 0.25) is 0 Å². The number of anilines is 1. The summed E-state index contributed by atoms with van der Waals surface area (Å²) in [5.74, 6) is 0.587. The van der Waals surface area contributed by atoms with Crippen molar-refractivity contribution in [2.45, 2.75) is 20.3 Å². The molecule has 1 fully saturated rings. The molecule has 0 spiro atoms. The number of benzene rings is 2. The van der Waals surface area contributed by atoms with Crippen molar-refractivity contribution in [2.24, 2.45) is 0 Å². The number of carbonyl (C=O) groups is 1. The third-order valence-corrected chi connectivity index (χ3v) is 4.96. The van der Waals surface area contributed by atoms with E-state index in [1.807, 2.05) is 24.8 Å². The lowest BCUT2D eigenvalue weighted by Crippen LogP contribution is -2.49. The second-order valence-electron chi connectivity index (χ2n) is 6.97. The van der Waals surface area contributed by atoms with Crippen molar-refractivity contribution in [1.29, 1.82) is 5.26 Å². The van der Waals surface area contributed by atoms with E-state index >= 15 is 0 Å². The molecule has 3 rings (SSSR count). The normalized spacial score (nSPS) is 13.7. The van der Waals surface area contributed by atoms with Crippen LogP contribution in [-0.2, 0) is 0 Å². The van der Waals surface area contributed by atoms with E-state index < -0.39 is 5.82 Å². The summed E-state index contributed by atoms with van der Waals surface area (Å²) in [6.07, 6.45) is 0.884. The number of hydrogen-bond donors (Lipinski definition) is 0. The van der Waals surface area contributed by atoms with Gasteiger partial charge in [0.2, 0.25) is 0 Å². The Bertz CT molecular complexity index is 934. The van der Waals surface area contributed by atoms with E-state index in [0.29, 0.717) is 62.1 Å². The monoisotopic (exact) mass is 411 g/mol. The maximum atomic E-state index is 13.9. The van der Waals surface area contributed by atoms with Crippen molar-refractivity contribution >= 4 is 11.6 Å². The molecule has 1 heterocycles. The number of ether oxygens (including phenoxy) is 2. The molecule has 6 nitrogen and oxygen atoms in total. The van der Waals surface area contributed by atoms with Gasteiger partial charge in [-0.3, -0.25) is 4.79 Å². The summed E-state index contributed by atoms with van der Waals surface area (Å²) in [7, 11) is 0. The Labute approximate surface area is 176 Å². The summed E-state index contributed by atoms with van der Waals surface area (Å²) < 4.78 is 25.3. The average molecular weight is 411 g/mol. The molecule has 7 heteroatoms. The summed E-state index contributed by atoms with van der Waals surface area (Å²) in [6, 6.07) is 11.8. The van der Waals surface area contributed by atoms with Gasteiger partial charge in [0, 0.05) is 31.7 Å². The first-order chi connectivity index (χ1) is 14.6. The van der Waals surface area contributed by atoms with Gasteiger partial charge in [-0.25, -0.2) is 4.39 Å². The Morgan fingerprint density at radius 3 is 2.53 bits per heavy atom. The summed E-state index contributed by atoms with van der Waals surface area (Å²) >= 11 is 0. The fraction of sp³-hybridized carbons (Fsp3) is 0.391. The van der Waals surface area contributed by atoms with Crippen LogP contribution in [0, 0.1) is 17.1 Å². The molecule has 0 radical (unpaired) electrons. The van der Waals surface area contributed by atoms with Crippen LogP contribution in [0.15, 0.2) is 36.4 Å². The smallest absolute Gasteiger partial charge is 0.254 e. The summed E-state index contributed by atoms with van der Waals surface area (Å²) in [5.41, 5.74) is 1.15. The predicted molar refractivity (Wildman–Crippen MR) is 113 cm³/mol. The van der Waals surface area contributed by atoms with E-state index in [0.717, 1.165) is 6.42 Å². The second kappa shape index (κ2) is 9.97. The van der Waals surface area contributed by atoms with Crippen molar-refractivity contribution in [3.63, 3.8) is 0 Å². The van der Waals surface area contributed by atoms with Crippen LogP contribution in [0.3, 0.4) is 0 Å². The summed E-state index contributed by atoms with van der Waals surface area (Å²) in [4.78, 5) is 16.7. The number of amides is 1. The molecule has 30 heavy (non-hydrogen) atoms. The molecule has 0 bridgehead atoms. The molecule has 0 N–H and O–H groups in total.